The van der Waals surface area contributed by atoms with Crippen LogP contribution in [0.4, 0.5) is 0 Å². The summed E-state index contributed by atoms with van der Waals surface area (Å²) in [6, 6.07) is 7.96. The molecule has 0 fully saturated rings. The Morgan fingerprint density at radius 2 is 1.89 bits per heavy atom. The number of unbranched alkanes of at least 4 members (excludes halogenated alkanes) is 2. The van der Waals surface area contributed by atoms with Crippen molar-refractivity contribution in [1.82, 2.24) is 0 Å². The fourth-order valence-corrected chi connectivity index (χ4v) is 1.72. The highest BCUT2D eigenvalue weighted by Crippen LogP contribution is 2.14. The second-order valence-electron chi connectivity index (χ2n) is 4.57. The zero-order valence-corrected chi connectivity index (χ0v) is 11.1. The van der Waals surface area contributed by atoms with Crippen LogP contribution >= 0.6 is 0 Å². The lowest BCUT2D eigenvalue weighted by atomic mass is 10.1. The molecular weight excluding hydrogens is 228 g/mol. The van der Waals surface area contributed by atoms with Crippen LogP contribution in [0.1, 0.15) is 38.2 Å². The van der Waals surface area contributed by atoms with Crippen molar-refractivity contribution in [2.45, 2.75) is 45.1 Å². The van der Waals surface area contributed by atoms with Gasteiger partial charge in [-0.05, 0) is 37.0 Å². The van der Waals surface area contributed by atoms with E-state index < -0.39 is 6.10 Å². The van der Waals surface area contributed by atoms with E-state index in [-0.39, 0.29) is 6.61 Å². The van der Waals surface area contributed by atoms with E-state index in [0.717, 1.165) is 30.8 Å². The number of rotatable bonds is 9. The van der Waals surface area contributed by atoms with Crippen molar-refractivity contribution in [3.05, 3.63) is 29.8 Å². The first-order valence-electron chi connectivity index (χ1n) is 6.77. The second kappa shape index (κ2) is 8.95. The van der Waals surface area contributed by atoms with Crippen molar-refractivity contribution in [1.29, 1.82) is 0 Å². The number of hydrogen-bond donors (Lipinski definition) is 2. The summed E-state index contributed by atoms with van der Waals surface area (Å²) in [5, 5.41) is 18.0. The molecule has 1 aromatic rings. The van der Waals surface area contributed by atoms with Gasteiger partial charge in [-0.2, -0.15) is 0 Å². The Labute approximate surface area is 109 Å². The minimum Gasteiger partial charge on any atom is -0.494 e. The van der Waals surface area contributed by atoms with Gasteiger partial charge in [0.15, 0.2) is 0 Å². The van der Waals surface area contributed by atoms with E-state index in [4.69, 9.17) is 9.84 Å². The molecule has 0 aromatic heterocycles. The number of benzene rings is 1. The van der Waals surface area contributed by atoms with Crippen LogP contribution in [0.15, 0.2) is 24.3 Å². The molecule has 0 radical (unpaired) electrons. The highest BCUT2D eigenvalue weighted by atomic mass is 16.5. The summed E-state index contributed by atoms with van der Waals surface area (Å²) in [6.45, 7) is 2.78. The Hall–Kier alpha value is -1.06. The Morgan fingerprint density at radius 3 is 2.50 bits per heavy atom. The standard InChI is InChI=1S/C15H24O3/c1-2-3-4-11-18-15-9-6-13(7-10-15)5-8-14(17)12-16/h6-7,9-10,14,16-17H,2-5,8,11-12H2,1H3. The van der Waals surface area contributed by atoms with Crippen LogP contribution in [0, 0.1) is 0 Å². The largest absolute Gasteiger partial charge is 0.494 e. The summed E-state index contributed by atoms with van der Waals surface area (Å²) >= 11 is 0. The zero-order valence-electron chi connectivity index (χ0n) is 11.1. The monoisotopic (exact) mass is 252 g/mol. The molecule has 0 heterocycles. The first-order valence-corrected chi connectivity index (χ1v) is 6.77. The summed E-state index contributed by atoms with van der Waals surface area (Å²) in [5.41, 5.74) is 1.16. The summed E-state index contributed by atoms with van der Waals surface area (Å²) in [4.78, 5) is 0. The van der Waals surface area contributed by atoms with Crippen molar-refractivity contribution in [2.75, 3.05) is 13.2 Å². The van der Waals surface area contributed by atoms with E-state index in [0.29, 0.717) is 6.42 Å². The average molecular weight is 252 g/mol. The minimum absolute atomic E-state index is 0.168. The fourth-order valence-electron chi connectivity index (χ4n) is 1.72. The highest BCUT2D eigenvalue weighted by Gasteiger charge is 2.02. The maximum atomic E-state index is 9.27. The molecule has 18 heavy (non-hydrogen) atoms. The molecule has 1 rings (SSSR count). The van der Waals surface area contributed by atoms with Crippen LogP contribution < -0.4 is 4.74 Å². The second-order valence-corrected chi connectivity index (χ2v) is 4.57. The summed E-state index contributed by atoms with van der Waals surface area (Å²) in [7, 11) is 0. The molecule has 0 aliphatic heterocycles. The smallest absolute Gasteiger partial charge is 0.119 e. The molecule has 3 nitrogen and oxygen atoms in total. The van der Waals surface area contributed by atoms with Crippen LogP contribution in [-0.2, 0) is 6.42 Å². The van der Waals surface area contributed by atoms with Gasteiger partial charge in [0, 0.05) is 0 Å². The van der Waals surface area contributed by atoms with Crippen LogP contribution in [-0.4, -0.2) is 29.5 Å². The van der Waals surface area contributed by atoms with Gasteiger partial charge in [-0.25, -0.2) is 0 Å². The van der Waals surface area contributed by atoms with Crippen LogP contribution in [0.3, 0.4) is 0 Å². The number of hydrogen-bond acceptors (Lipinski definition) is 3. The van der Waals surface area contributed by atoms with Gasteiger partial charge in [0.1, 0.15) is 5.75 Å². The van der Waals surface area contributed by atoms with Crippen LogP contribution in [0.5, 0.6) is 5.75 Å². The molecule has 0 amide bonds. The lowest BCUT2D eigenvalue weighted by Crippen LogP contribution is -2.12. The van der Waals surface area contributed by atoms with Crippen molar-refractivity contribution < 1.29 is 14.9 Å². The lowest BCUT2D eigenvalue weighted by Gasteiger charge is -2.08. The van der Waals surface area contributed by atoms with E-state index in [9.17, 15) is 5.11 Å². The van der Waals surface area contributed by atoms with Gasteiger partial charge in [0.05, 0.1) is 19.3 Å². The minimum atomic E-state index is -0.616. The van der Waals surface area contributed by atoms with Crippen LogP contribution in [0.2, 0.25) is 0 Å². The molecule has 3 heteroatoms. The third-order valence-electron chi connectivity index (χ3n) is 2.92. The molecule has 0 spiro atoms. The fraction of sp³-hybridized carbons (Fsp3) is 0.600. The average Bonchev–Trinajstić information content (AvgIpc) is 2.42. The van der Waals surface area contributed by atoms with Gasteiger partial charge in [-0.3, -0.25) is 0 Å². The van der Waals surface area contributed by atoms with Crippen molar-refractivity contribution in [3.63, 3.8) is 0 Å². The number of aliphatic hydroxyl groups is 2. The molecular formula is C15H24O3. The Morgan fingerprint density at radius 1 is 1.17 bits per heavy atom. The molecule has 1 aromatic carbocycles. The molecule has 0 saturated carbocycles. The molecule has 0 saturated heterocycles. The predicted octanol–water partition coefficient (Wildman–Crippen LogP) is 2.54. The number of aryl methyl sites for hydroxylation is 1. The number of ether oxygens (including phenoxy) is 1. The maximum absolute atomic E-state index is 9.27. The summed E-state index contributed by atoms with van der Waals surface area (Å²) < 4.78 is 5.62. The first-order chi connectivity index (χ1) is 8.76. The third kappa shape index (κ3) is 6.03. The van der Waals surface area contributed by atoms with E-state index in [1.165, 1.54) is 12.8 Å². The molecule has 0 bridgehead atoms. The summed E-state index contributed by atoms with van der Waals surface area (Å²) in [5.74, 6) is 0.901. The van der Waals surface area contributed by atoms with E-state index >= 15 is 0 Å². The summed E-state index contributed by atoms with van der Waals surface area (Å²) in [6.07, 6.45) is 4.26. The van der Waals surface area contributed by atoms with Gasteiger partial charge in [-0.1, -0.05) is 31.9 Å². The van der Waals surface area contributed by atoms with Gasteiger partial charge in [-0.15, -0.1) is 0 Å². The van der Waals surface area contributed by atoms with Crippen molar-refractivity contribution >= 4 is 0 Å². The molecule has 102 valence electrons. The zero-order chi connectivity index (χ0) is 13.2. The van der Waals surface area contributed by atoms with E-state index in [1.807, 2.05) is 24.3 Å². The maximum Gasteiger partial charge on any atom is 0.119 e. The quantitative estimate of drug-likeness (QED) is 0.664. The Kier molecular flexibility index (Phi) is 7.46. The SMILES string of the molecule is CCCCCOc1ccc(CCC(O)CO)cc1. The highest BCUT2D eigenvalue weighted by molar-refractivity contribution is 5.27. The first kappa shape index (κ1) is 15.0. The van der Waals surface area contributed by atoms with Crippen molar-refractivity contribution in [3.8, 4) is 5.75 Å². The predicted molar refractivity (Wildman–Crippen MR) is 72.9 cm³/mol. The van der Waals surface area contributed by atoms with Gasteiger partial charge in [0.2, 0.25) is 0 Å². The molecule has 1 unspecified atom stereocenters. The normalized spacial score (nSPS) is 12.4. The van der Waals surface area contributed by atoms with Gasteiger partial charge < -0.3 is 14.9 Å². The van der Waals surface area contributed by atoms with Gasteiger partial charge >= 0.3 is 0 Å². The topological polar surface area (TPSA) is 49.7 Å². The molecule has 0 aliphatic rings. The molecule has 0 aliphatic carbocycles. The Bertz CT molecular complexity index is 308. The Balaban J connectivity index is 2.28. The van der Waals surface area contributed by atoms with Crippen molar-refractivity contribution in [2.24, 2.45) is 0 Å². The third-order valence-corrected chi connectivity index (χ3v) is 2.92. The molecule has 1 atom stereocenters. The lowest BCUT2D eigenvalue weighted by molar-refractivity contribution is 0.0886. The van der Waals surface area contributed by atoms with E-state index in [2.05, 4.69) is 6.92 Å². The van der Waals surface area contributed by atoms with Crippen LogP contribution in [0.25, 0.3) is 0 Å². The number of aliphatic hydroxyl groups excluding tert-OH is 2. The van der Waals surface area contributed by atoms with E-state index in [1.54, 1.807) is 0 Å². The molecule has 2 N–H and O–H groups in total. The van der Waals surface area contributed by atoms with Gasteiger partial charge in [0.25, 0.3) is 0 Å².